The first-order chi connectivity index (χ1) is 13.5. The van der Waals surface area contributed by atoms with E-state index in [-0.39, 0.29) is 36.3 Å². The molecule has 1 aliphatic rings. The number of phenolic OH excluding ortho intramolecular Hbond substituents is 1. The highest BCUT2D eigenvalue weighted by Crippen LogP contribution is 2.28. The fraction of sp³-hybridized carbons (Fsp3) is 0.348. The van der Waals surface area contributed by atoms with Gasteiger partial charge >= 0.3 is 0 Å². The molecule has 2 aromatic rings. The number of carbonyl (C=O) groups excluding carboxylic acids is 1. The van der Waals surface area contributed by atoms with Crippen LogP contribution in [0, 0.1) is 0 Å². The van der Waals surface area contributed by atoms with Gasteiger partial charge in [-0.1, -0.05) is 36.4 Å². The molecule has 6 heteroatoms. The minimum atomic E-state index is -0.317. The second-order valence-electron chi connectivity index (χ2n) is 7.47. The van der Waals surface area contributed by atoms with Gasteiger partial charge in [0.1, 0.15) is 11.9 Å². The first kappa shape index (κ1) is 22.9. The highest BCUT2D eigenvalue weighted by Gasteiger charge is 2.34. The number of halogens is 1. The molecule has 156 valence electrons. The van der Waals surface area contributed by atoms with E-state index in [0.29, 0.717) is 11.6 Å². The van der Waals surface area contributed by atoms with Gasteiger partial charge in [0, 0.05) is 37.3 Å². The van der Waals surface area contributed by atoms with Gasteiger partial charge in [0.2, 0.25) is 0 Å². The summed E-state index contributed by atoms with van der Waals surface area (Å²) in [6.45, 7) is 10.8. The van der Waals surface area contributed by atoms with Crippen LogP contribution in [0.5, 0.6) is 5.75 Å². The van der Waals surface area contributed by atoms with E-state index >= 15 is 0 Å². The fourth-order valence-electron chi connectivity index (χ4n) is 3.85. The Bertz CT molecular complexity index is 815. The van der Waals surface area contributed by atoms with Gasteiger partial charge in [0.15, 0.2) is 0 Å². The van der Waals surface area contributed by atoms with Crippen LogP contribution in [0.3, 0.4) is 0 Å². The molecular formula is C23H30ClN3O2. The third kappa shape index (κ3) is 5.60. The highest BCUT2D eigenvalue weighted by atomic mass is 35.5. The van der Waals surface area contributed by atoms with Crippen molar-refractivity contribution in [3.63, 3.8) is 0 Å². The largest absolute Gasteiger partial charge is 0.508 e. The van der Waals surface area contributed by atoms with Crippen molar-refractivity contribution in [3.8, 4) is 5.75 Å². The molecule has 1 heterocycles. The lowest BCUT2D eigenvalue weighted by Gasteiger charge is -2.47. The van der Waals surface area contributed by atoms with Crippen LogP contribution in [-0.4, -0.2) is 52.5 Å². The lowest BCUT2D eigenvalue weighted by atomic mass is 10.0. The second-order valence-corrected chi connectivity index (χ2v) is 7.47. The molecule has 0 bridgehead atoms. The van der Waals surface area contributed by atoms with Crippen LogP contribution in [0.2, 0.25) is 0 Å². The zero-order valence-corrected chi connectivity index (χ0v) is 17.8. The summed E-state index contributed by atoms with van der Waals surface area (Å²) in [6, 6.07) is 16.9. The van der Waals surface area contributed by atoms with Gasteiger partial charge < -0.3 is 10.4 Å². The average molecular weight is 416 g/mol. The first-order valence-corrected chi connectivity index (χ1v) is 9.75. The van der Waals surface area contributed by atoms with Crippen molar-refractivity contribution in [1.29, 1.82) is 0 Å². The van der Waals surface area contributed by atoms with Crippen molar-refractivity contribution in [2.45, 2.75) is 32.1 Å². The van der Waals surface area contributed by atoms with E-state index in [1.54, 1.807) is 12.1 Å². The predicted octanol–water partition coefficient (Wildman–Crippen LogP) is 3.82. The summed E-state index contributed by atoms with van der Waals surface area (Å²) >= 11 is 0. The number of piperazine rings is 1. The molecule has 5 nitrogen and oxygen atoms in total. The quantitative estimate of drug-likeness (QED) is 0.704. The van der Waals surface area contributed by atoms with Crippen molar-refractivity contribution in [2.24, 2.45) is 0 Å². The molecule has 1 aliphatic heterocycles. The molecule has 0 saturated carbocycles. The summed E-state index contributed by atoms with van der Waals surface area (Å²) in [4.78, 5) is 17.6. The number of rotatable bonds is 6. The number of amides is 1. The van der Waals surface area contributed by atoms with Crippen LogP contribution in [0.15, 0.2) is 67.3 Å². The zero-order valence-electron chi connectivity index (χ0n) is 17.0. The van der Waals surface area contributed by atoms with Crippen LogP contribution >= 0.6 is 12.4 Å². The molecule has 29 heavy (non-hydrogen) atoms. The van der Waals surface area contributed by atoms with Gasteiger partial charge in [0.05, 0.1) is 0 Å². The molecule has 1 saturated heterocycles. The van der Waals surface area contributed by atoms with E-state index in [2.05, 4.69) is 35.5 Å². The lowest BCUT2D eigenvalue weighted by Crippen LogP contribution is -2.59. The monoisotopic (exact) mass is 415 g/mol. The maximum atomic E-state index is 12.9. The van der Waals surface area contributed by atoms with Crippen LogP contribution in [0.25, 0.3) is 0 Å². The van der Waals surface area contributed by atoms with Gasteiger partial charge in [-0.15, -0.1) is 19.0 Å². The lowest BCUT2D eigenvalue weighted by molar-refractivity contribution is 0.00964. The normalized spacial score (nSPS) is 21.0. The summed E-state index contributed by atoms with van der Waals surface area (Å²) in [5.74, 6) is 0.0739. The van der Waals surface area contributed by atoms with Crippen molar-refractivity contribution >= 4 is 18.3 Å². The van der Waals surface area contributed by atoms with Gasteiger partial charge in [-0.2, -0.15) is 0 Å². The van der Waals surface area contributed by atoms with Crippen LogP contribution in [0.1, 0.15) is 35.9 Å². The number of nitrogens with one attached hydrogen (secondary N) is 1. The van der Waals surface area contributed by atoms with Crippen molar-refractivity contribution < 1.29 is 9.90 Å². The predicted molar refractivity (Wildman–Crippen MR) is 119 cm³/mol. The number of hydrogen-bond donors (Lipinski definition) is 2. The van der Waals surface area contributed by atoms with Gasteiger partial charge in [-0.05, 0) is 43.7 Å². The molecule has 1 fully saturated rings. The summed E-state index contributed by atoms with van der Waals surface area (Å²) in [5, 5.41) is 13.2. The molecule has 3 rings (SSSR count). The van der Waals surface area contributed by atoms with Crippen LogP contribution in [0.4, 0.5) is 0 Å². The Morgan fingerprint density at radius 3 is 2.55 bits per heavy atom. The molecule has 1 amide bonds. The minimum Gasteiger partial charge on any atom is -0.508 e. The fourth-order valence-corrected chi connectivity index (χ4v) is 3.85. The number of hydrogen-bond acceptors (Lipinski definition) is 4. The van der Waals surface area contributed by atoms with Gasteiger partial charge in [0.25, 0.3) is 5.91 Å². The first-order valence-electron chi connectivity index (χ1n) is 9.75. The molecule has 0 spiro atoms. The number of aromatic hydroxyl groups is 1. The van der Waals surface area contributed by atoms with E-state index in [1.807, 2.05) is 48.5 Å². The van der Waals surface area contributed by atoms with Crippen molar-refractivity contribution in [1.82, 2.24) is 15.1 Å². The SMILES string of the molecule is C=CCN1C[C@H](C)N([C@@H](NC(=O)c2ccccc2)c2cccc(O)c2)C[C@H]1C.Cl. The summed E-state index contributed by atoms with van der Waals surface area (Å²) < 4.78 is 0. The third-order valence-electron chi connectivity index (χ3n) is 5.35. The minimum absolute atomic E-state index is 0. The van der Waals surface area contributed by atoms with Crippen molar-refractivity contribution in [2.75, 3.05) is 19.6 Å². The molecule has 2 aromatic carbocycles. The van der Waals surface area contributed by atoms with Gasteiger partial charge in [-0.25, -0.2) is 0 Å². The molecule has 2 N–H and O–H groups in total. The Morgan fingerprint density at radius 1 is 1.17 bits per heavy atom. The van der Waals surface area contributed by atoms with E-state index < -0.39 is 0 Å². The second kappa shape index (κ2) is 10.4. The summed E-state index contributed by atoms with van der Waals surface area (Å²) in [7, 11) is 0. The zero-order chi connectivity index (χ0) is 20.1. The van der Waals surface area contributed by atoms with E-state index in [4.69, 9.17) is 0 Å². The highest BCUT2D eigenvalue weighted by molar-refractivity contribution is 5.94. The number of carbonyl (C=O) groups is 1. The van der Waals surface area contributed by atoms with Crippen LogP contribution in [-0.2, 0) is 0 Å². The number of benzene rings is 2. The molecule has 0 aliphatic carbocycles. The number of phenols is 1. The molecule has 0 radical (unpaired) electrons. The molecular weight excluding hydrogens is 386 g/mol. The maximum absolute atomic E-state index is 12.9. The Balaban J connectivity index is 0.00000300. The Kier molecular flexibility index (Phi) is 8.26. The van der Waals surface area contributed by atoms with E-state index in [0.717, 1.165) is 25.2 Å². The topological polar surface area (TPSA) is 55.8 Å². The van der Waals surface area contributed by atoms with Crippen molar-refractivity contribution in [3.05, 3.63) is 78.4 Å². The average Bonchev–Trinajstić information content (AvgIpc) is 2.69. The van der Waals surface area contributed by atoms with E-state index in [1.165, 1.54) is 0 Å². The Morgan fingerprint density at radius 2 is 1.90 bits per heavy atom. The third-order valence-corrected chi connectivity index (χ3v) is 5.35. The van der Waals surface area contributed by atoms with Crippen LogP contribution < -0.4 is 5.32 Å². The number of nitrogens with zero attached hydrogens (tertiary/aromatic N) is 2. The smallest absolute Gasteiger partial charge is 0.252 e. The van der Waals surface area contributed by atoms with Gasteiger partial charge in [-0.3, -0.25) is 14.6 Å². The molecule has 0 aromatic heterocycles. The summed E-state index contributed by atoms with van der Waals surface area (Å²) in [5.41, 5.74) is 1.50. The standard InChI is InChI=1S/C23H29N3O2.ClH/c1-4-13-25-15-18(3)26(16-17(25)2)22(20-11-8-12-21(27)14-20)24-23(28)19-9-6-5-7-10-19;/h4-12,14,17-18,22,27H,1,13,15-16H2,2-3H3,(H,24,28);1H/t17-,18+,22-;/m1./s1. The molecule has 3 atom stereocenters. The Labute approximate surface area is 179 Å². The molecule has 0 unspecified atom stereocenters. The Hall–Kier alpha value is -2.34. The maximum Gasteiger partial charge on any atom is 0.252 e. The van der Waals surface area contributed by atoms with E-state index in [9.17, 15) is 9.90 Å². The summed E-state index contributed by atoms with van der Waals surface area (Å²) in [6.07, 6.45) is 1.62.